The van der Waals surface area contributed by atoms with Gasteiger partial charge in [0, 0.05) is 12.7 Å². The van der Waals surface area contributed by atoms with Gasteiger partial charge in [-0.25, -0.2) is 4.79 Å². The van der Waals surface area contributed by atoms with Crippen LogP contribution in [-0.4, -0.2) is 33.9 Å². The van der Waals surface area contributed by atoms with Gasteiger partial charge in [-0.05, 0) is 26.0 Å². The van der Waals surface area contributed by atoms with Crippen molar-refractivity contribution in [3.8, 4) is 0 Å². The van der Waals surface area contributed by atoms with Crippen LogP contribution in [0.25, 0.3) is 0 Å². The zero-order valence-electron chi connectivity index (χ0n) is 9.25. The molecule has 1 aromatic heterocycles. The lowest BCUT2D eigenvalue weighted by Crippen LogP contribution is -2.49. The van der Waals surface area contributed by atoms with Gasteiger partial charge in [0.2, 0.25) is 6.41 Å². The number of hydrogen-bond donors (Lipinski definition) is 1. The standard InChI is InChI=1S/C11H14N2O3/c1-3-13(8-14)11(2,10(15)16)9-6-4-5-7-12-9/h4-8H,3H2,1-2H3,(H,15,16). The lowest BCUT2D eigenvalue weighted by Gasteiger charge is -2.33. The zero-order valence-corrected chi connectivity index (χ0v) is 9.25. The van der Waals surface area contributed by atoms with Gasteiger partial charge in [0.05, 0.1) is 5.69 Å². The Kier molecular flexibility index (Phi) is 3.60. The summed E-state index contributed by atoms with van der Waals surface area (Å²) in [7, 11) is 0. The van der Waals surface area contributed by atoms with E-state index >= 15 is 0 Å². The number of hydrogen-bond acceptors (Lipinski definition) is 3. The van der Waals surface area contributed by atoms with Crippen molar-refractivity contribution in [3.63, 3.8) is 0 Å². The van der Waals surface area contributed by atoms with Crippen LogP contribution >= 0.6 is 0 Å². The fraction of sp³-hybridized carbons (Fsp3) is 0.364. The van der Waals surface area contributed by atoms with Crippen molar-refractivity contribution >= 4 is 12.4 Å². The highest BCUT2D eigenvalue weighted by Crippen LogP contribution is 2.25. The Morgan fingerprint density at radius 3 is 2.69 bits per heavy atom. The number of carboxylic acid groups (broad SMARTS) is 1. The smallest absolute Gasteiger partial charge is 0.335 e. The molecule has 1 atom stereocenters. The average molecular weight is 222 g/mol. The molecule has 1 amide bonds. The highest BCUT2D eigenvalue weighted by atomic mass is 16.4. The summed E-state index contributed by atoms with van der Waals surface area (Å²) in [5.41, 5.74) is -1.07. The number of amides is 1. The lowest BCUT2D eigenvalue weighted by molar-refractivity contribution is -0.155. The van der Waals surface area contributed by atoms with E-state index < -0.39 is 11.5 Å². The summed E-state index contributed by atoms with van der Waals surface area (Å²) in [5.74, 6) is -1.10. The van der Waals surface area contributed by atoms with Crippen molar-refractivity contribution in [1.82, 2.24) is 9.88 Å². The minimum Gasteiger partial charge on any atom is -0.479 e. The Balaban J connectivity index is 3.26. The summed E-state index contributed by atoms with van der Waals surface area (Å²) in [6, 6.07) is 4.99. The summed E-state index contributed by atoms with van der Waals surface area (Å²) in [6.45, 7) is 3.50. The molecule has 0 saturated heterocycles. The van der Waals surface area contributed by atoms with Crippen molar-refractivity contribution in [2.75, 3.05) is 6.54 Å². The van der Waals surface area contributed by atoms with Crippen LogP contribution in [0.5, 0.6) is 0 Å². The Labute approximate surface area is 93.7 Å². The maximum atomic E-state index is 11.3. The van der Waals surface area contributed by atoms with Crippen LogP contribution in [-0.2, 0) is 15.1 Å². The Hall–Kier alpha value is -1.91. The van der Waals surface area contributed by atoms with Crippen molar-refractivity contribution in [2.24, 2.45) is 0 Å². The molecule has 0 spiro atoms. The number of pyridine rings is 1. The molecule has 0 aromatic carbocycles. The molecule has 1 aromatic rings. The van der Waals surface area contributed by atoms with Crippen LogP contribution in [0.2, 0.25) is 0 Å². The Morgan fingerprint density at radius 1 is 1.62 bits per heavy atom. The molecule has 5 nitrogen and oxygen atoms in total. The third kappa shape index (κ3) is 1.88. The highest BCUT2D eigenvalue weighted by Gasteiger charge is 2.41. The number of aliphatic carboxylic acids is 1. The second kappa shape index (κ2) is 4.74. The monoisotopic (exact) mass is 222 g/mol. The molecule has 1 N–H and O–H groups in total. The predicted octanol–water partition coefficient (Wildman–Crippen LogP) is 0.860. The van der Waals surface area contributed by atoms with Gasteiger partial charge in [-0.2, -0.15) is 0 Å². The Bertz CT molecular complexity index is 380. The fourth-order valence-corrected chi connectivity index (χ4v) is 1.53. The van der Waals surface area contributed by atoms with E-state index in [2.05, 4.69) is 4.98 Å². The lowest BCUT2D eigenvalue weighted by atomic mass is 9.95. The maximum Gasteiger partial charge on any atom is 0.335 e. The third-order valence-corrected chi connectivity index (χ3v) is 2.62. The fourth-order valence-electron chi connectivity index (χ4n) is 1.53. The van der Waals surface area contributed by atoms with Gasteiger partial charge in [-0.15, -0.1) is 0 Å². The van der Waals surface area contributed by atoms with Crippen molar-refractivity contribution in [2.45, 2.75) is 19.4 Å². The molecule has 16 heavy (non-hydrogen) atoms. The van der Waals surface area contributed by atoms with Gasteiger partial charge in [0.25, 0.3) is 0 Å². The first-order valence-electron chi connectivity index (χ1n) is 4.94. The van der Waals surface area contributed by atoms with Crippen LogP contribution in [0.3, 0.4) is 0 Å². The van der Waals surface area contributed by atoms with E-state index in [9.17, 15) is 14.7 Å². The van der Waals surface area contributed by atoms with Crippen LogP contribution < -0.4 is 0 Å². The van der Waals surface area contributed by atoms with Crippen molar-refractivity contribution in [1.29, 1.82) is 0 Å². The number of carbonyl (C=O) groups is 2. The van der Waals surface area contributed by atoms with Gasteiger partial charge in [0.1, 0.15) is 0 Å². The Morgan fingerprint density at radius 2 is 2.31 bits per heavy atom. The van der Waals surface area contributed by atoms with Gasteiger partial charge < -0.3 is 10.0 Å². The summed E-state index contributed by atoms with van der Waals surface area (Å²) < 4.78 is 0. The molecule has 0 aliphatic heterocycles. The number of carbonyl (C=O) groups excluding carboxylic acids is 1. The molecule has 5 heteroatoms. The van der Waals surface area contributed by atoms with E-state index in [1.165, 1.54) is 18.0 Å². The van der Waals surface area contributed by atoms with Gasteiger partial charge in [-0.3, -0.25) is 9.78 Å². The summed E-state index contributed by atoms with van der Waals surface area (Å²) in [6.07, 6.45) is 2.04. The number of aromatic nitrogens is 1. The first kappa shape index (κ1) is 12.2. The SMILES string of the molecule is CCN(C=O)C(C)(C(=O)O)c1ccccn1. The summed E-state index contributed by atoms with van der Waals surface area (Å²) in [5, 5.41) is 9.28. The zero-order chi connectivity index (χ0) is 12.2. The first-order valence-corrected chi connectivity index (χ1v) is 4.94. The van der Waals surface area contributed by atoms with Crippen LogP contribution in [0.1, 0.15) is 19.5 Å². The summed E-state index contributed by atoms with van der Waals surface area (Å²) >= 11 is 0. The molecule has 0 radical (unpaired) electrons. The van der Waals surface area contributed by atoms with E-state index in [0.29, 0.717) is 18.6 Å². The molecule has 0 aliphatic carbocycles. The molecule has 0 saturated carbocycles. The van der Waals surface area contributed by atoms with Crippen LogP contribution in [0, 0.1) is 0 Å². The molecule has 0 aliphatic rings. The maximum absolute atomic E-state index is 11.3. The normalized spacial score (nSPS) is 13.9. The number of likely N-dealkylation sites (N-methyl/N-ethyl adjacent to an activating group) is 1. The summed E-state index contributed by atoms with van der Waals surface area (Å²) in [4.78, 5) is 27.4. The van der Waals surface area contributed by atoms with E-state index in [1.54, 1.807) is 25.1 Å². The van der Waals surface area contributed by atoms with E-state index in [-0.39, 0.29) is 0 Å². The average Bonchev–Trinajstić information content (AvgIpc) is 2.31. The van der Waals surface area contributed by atoms with Crippen molar-refractivity contribution in [3.05, 3.63) is 30.1 Å². The van der Waals surface area contributed by atoms with E-state index in [1.807, 2.05) is 0 Å². The molecule has 1 unspecified atom stereocenters. The van der Waals surface area contributed by atoms with Crippen molar-refractivity contribution < 1.29 is 14.7 Å². The second-order valence-electron chi connectivity index (χ2n) is 3.48. The second-order valence-corrected chi connectivity index (χ2v) is 3.48. The first-order chi connectivity index (χ1) is 7.57. The van der Waals surface area contributed by atoms with Gasteiger partial charge in [0.15, 0.2) is 5.54 Å². The highest BCUT2D eigenvalue weighted by molar-refractivity contribution is 5.82. The topological polar surface area (TPSA) is 70.5 Å². The predicted molar refractivity (Wildman–Crippen MR) is 57.7 cm³/mol. The molecular formula is C11H14N2O3. The quantitative estimate of drug-likeness (QED) is 0.750. The minimum atomic E-state index is -1.42. The van der Waals surface area contributed by atoms with E-state index in [0.717, 1.165) is 0 Å². The molecule has 1 heterocycles. The molecule has 86 valence electrons. The van der Waals surface area contributed by atoms with Crippen LogP contribution in [0.4, 0.5) is 0 Å². The minimum absolute atomic E-state index is 0.308. The largest absolute Gasteiger partial charge is 0.479 e. The molecule has 1 rings (SSSR count). The number of nitrogens with zero attached hydrogens (tertiary/aromatic N) is 2. The van der Waals surface area contributed by atoms with Gasteiger partial charge in [-0.1, -0.05) is 6.07 Å². The molecule has 0 bridgehead atoms. The molecular weight excluding hydrogens is 208 g/mol. The number of carboxylic acids is 1. The number of rotatable bonds is 5. The molecule has 0 fully saturated rings. The third-order valence-electron chi connectivity index (χ3n) is 2.62. The van der Waals surface area contributed by atoms with E-state index in [4.69, 9.17) is 0 Å². The van der Waals surface area contributed by atoms with Gasteiger partial charge >= 0.3 is 5.97 Å². The van der Waals surface area contributed by atoms with Crippen LogP contribution in [0.15, 0.2) is 24.4 Å².